The number of aliphatic hydroxyl groups excluding tert-OH is 2. The van der Waals surface area contributed by atoms with Crippen molar-refractivity contribution in [3.8, 4) is 0 Å². The molecule has 0 aliphatic rings. The van der Waals surface area contributed by atoms with Gasteiger partial charge in [-0.3, -0.25) is 9.68 Å². The fourth-order valence-corrected chi connectivity index (χ4v) is 4.93. The Kier molecular flexibility index (Phi) is 12.2. The second-order valence-corrected chi connectivity index (χ2v) is 11.0. The zero-order valence-corrected chi connectivity index (χ0v) is 27.1. The summed E-state index contributed by atoms with van der Waals surface area (Å²) in [7, 11) is 0. The lowest BCUT2D eigenvalue weighted by Gasteiger charge is -2.12. The van der Waals surface area contributed by atoms with Gasteiger partial charge in [0.05, 0.1) is 64.4 Å². The minimum atomic E-state index is -0.857. The standard InChI is InChI=1S/C32H37N9O8/c1-3-22(2)8-11-39-29-6-4-23(27(20-46-16-14-42)35-48-31(44)40-12-9-33-37-40)18-25(29)26-19-24(5-7-30(26)39)28(21-47-17-15-43)36-49-32(45)41-13-10-34-38-41/h4-7,9-10,12-13,18-19,22,42-43H,3,8,11,14-17,20-21H2,1-2H3/b35-27+,36-28+. The maximum absolute atomic E-state index is 12.4. The molecule has 5 aromatic rings. The monoisotopic (exact) mass is 675 g/mol. The summed E-state index contributed by atoms with van der Waals surface area (Å²) in [4.78, 5) is 35.2. The largest absolute Gasteiger partial charge is 0.462 e. The Morgan fingerprint density at radius 1 is 0.796 bits per heavy atom. The second kappa shape index (κ2) is 17.2. The molecule has 3 heterocycles. The number of nitrogens with zero attached hydrogens (tertiary/aromatic N) is 9. The summed E-state index contributed by atoms with van der Waals surface area (Å²) in [5.74, 6) is 0.509. The molecule has 1 atom stereocenters. The Bertz CT molecular complexity index is 1770. The molecule has 49 heavy (non-hydrogen) atoms. The number of ether oxygens (including phenoxy) is 2. The van der Waals surface area contributed by atoms with Gasteiger partial charge in [0.2, 0.25) is 0 Å². The van der Waals surface area contributed by atoms with Gasteiger partial charge in [-0.2, -0.15) is 9.36 Å². The Morgan fingerprint density at radius 2 is 1.29 bits per heavy atom. The van der Waals surface area contributed by atoms with Crippen molar-refractivity contribution in [2.75, 3.05) is 39.6 Å². The molecule has 0 radical (unpaired) electrons. The van der Waals surface area contributed by atoms with Crippen molar-refractivity contribution in [3.63, 3.8) is 0 Å². The molecule has 2 aromatic carbocycles. The summed E-state index contributed by atoms with van der Waals surface area (Å²) < 4.78 is 15.2. The Morgan fingerprint density at radius 3 is 1.69 bits per heavy atom. The van der Waals surface area contributed by atoms with Crippen LogP contribution < -0.4 is 0 Å². The molecular weight excluding hydrogens is 638 g/mol. The van der Waals surface area contributed by atoms with E-state index in [0.717, 1.165) is 50.6 Å². The van der Waals surface area contributed by atoms with Crippen molar-refractivity contribution in [2.45, 2.75) is 33.2 Å². The summed E-state index contributed by atoms with van der Waals surface area (Å²) in [5, 5.41) is 42.9. The van der Waals surface area contributed by atoms with E-state index in [9.17, 15) is 19.8 Å². The first kappa shape index (κ1) is 35.0. The lowest BCUT2D eigenvalue weighted by Crippen LogP contribution is -2.17. The molecule has 258 valence electrons. The maximum Gasteiger partial charge on any atom is 0.462 e. The molecule has 17 heteroatoms. The highest BCUT2D eigenvalue weighted by molar-refractivity contribution is 6.14. The number of aromatic nitrogens is 7. The highest BCUT2D eigenvalue weighted by atomic mass is 16.7. The number of fused-ring (bicyclic) bond motifs is 3. The highest BCUT2D eigenvalue weighted by Crippen LogP contribution is 2.32. The lowest BCUT2D eigenvalue weighted by atomic mass is 10.0. The quantitative estimate of drug-likeness (QED) is 0.0670. The van der Waals surface area contributed by atoms with Crippen molar-refractivity contribution in [1.82, 2.24) is 34.6 Å². The fraction of sp³-hybridized carbons (Fsp3) is 0.375. The number of rotatable bonds is 16. The molecule has 0 fully saturated rings. The van der Waals surface area contributed by atoms with Crippen molar-refractivity contribution >= 4 is 45.4 Å². The summed E-state index contributed by atoms with van der Waals surface area (Å²) in [6, 6.07) is 11.5. The molecule has 1 unspecified atom stereocenters. The van der Waals surface area contributed by atoms with Gasteiger partial charge < -0.3 is 24.3 Å². The third-order valence-corrected chi connectivity index (χ3v) is 7.71. The van der Waals surface area contributed by atoms with E-state index in [0.29, 0.717) is 28.5 Å². The van der Waals surface area contributed by atoms with Crippen LogP contribution in [0.3, 0.4) is 0 Å². The van der Waals surface area contributed by atoms with Crippen LogP contribution in [0.15, 0.2) is 71.5 Å². The van der Waals surface area contributed by atoms with Gasteiger partial charge in [0.15, 0.2) is 0 Å². The summed E-state index contributed by atoms with van der Waals surface area (Å²) >= 11 is 0. The number of hydrogen-bond acceptors (Lipinski definition) is 14. The predicted molar refractivity (Wildman–Crippen MR) is 176 cm³/mol. The van der Waals surface area contributed by atoms with E-state index >= 15 is 0 Å². The van der Waals surface area contributed by atoms with Crippen molar-refractivity contribution in [1.29, 1.82) is 0 Å². The molecule has 0 saturated heterocycles. The van der Waals surface area contributed by atoms with Crippen molar-refractivity contribution < 1.29 is 39.0 Å². The number of hydrogen-bond donors (Lipinski definition) is 2. The summed E-state index contributed by atoms with van der Waals surface area (Å²) in [6.07, 6.45) is 5.63. The third-order valence-electron chi connectivity index (χ3n) is 7.71. The van der Waals surface area contributed by atoms with Gasteiger partial charge in [0.25, 0.3) is 0 Å². The first-order chi connectivity index (χ1) is 23.9. The SMILES string of the molecule is CCC(C)CCn1c2ccc(/C(COCCO)=N/OC(=O)n3ccnn3)cc2c2cc(/C(COCCO)=N/OC(=O)n3ccnn3)ccc21. The van der Waals surface area contributed by atoms with Crippen LogP contribution in [0.25, 0.3) is 21.8 Å². The first-order valence-corrected chi connectivity index (χ1v) is 15.7. The predicted octanol–water partition coefficient (Wildman–Crippen LogP) is 3.21. The topological polar surface area (TPSA) is 203 Å². The highest BCUT2D eigenvalue weighted by Gasteiger charge is 2.18. The smallest absolute Gasteiger partial charge is 0.394 e. The van der Waals surface area contributed by atoms with Crippen LogP contribution in [0.5, 0.6) is 0 Å². The molecule has 0 spiro atoms. The van der Waals surface area contributed by atoms with E-state index in [-0.39, 0.29) is 39.6 Å². The van der Waals surface area contributed by atoms with E-state index < -0.39 is 12.2 Å². The maximum atomic E-state index is 12.4. The lowest BCUT2D eigenvalue weighted by molar-refractivity contribution is 0.114. The molecule has 0 aliphatic carbocycles. The number of benzene rings is 2. The normalized spacial score (nSPS) is 12.9. The molecule has 17 nitrogen and oxygen atoms in total. The van der Waals surface area contributed by atoms with Gasteiger partial charge >= 0.3 is 12.2 Å². The van der Waals surface area contributed by atoms with Crippen LogP contribution >= 0.6 is 0 Å². The molecule has 0 amide bonds. The first-order valence-electron chi connectivity index (χ1n) is 15.7. The van der Waals surface area contributed by atoms with Gasteiger partial charge in [-0.15, -0.1) is 10.2 Å². The molecule has 5 rings (SSSR count). The van der Waals surface area contributed by atoms with Crippen molar-refractivity contribution in [2.24, 2.45) is 16.2 Å². The van der Waals surface area contributed by atoms with Crippen LogP contribution in [-0.2, 0) is 25.7 Å². The van der Waals surface area contributed by atoms with Crippen LogP contribution in [-0.4, -0.2) is 108 Å². The van der Waals surface area contributed by atoms with Gasteiger partial charge in [0.1, 0.15) is 11.4 Å². The van der Waals surface area contributed by atoms with Crippen LogP contribution in [0.4, 0.5) is 9.59 Å². The van der Waals surface area contributed by atoms with E-state index in [1.807, 2.05) is 36.4 Å². The molecule has 3 aromatic heterocycles. The summed E-state index contributed by atoms with van der Waals surface area (Å²) in [6.45, 7) is 4.76. The van der Waals surface area contributed by atoms with E-state index in [2.05, 4.69) is 49.4 Å². The van der Waals surface area contributed by atoms with Crippen LogP contribution in [0, 0.1) is 5.92 Å². The number of carbonyl (C=O) groups is 2. The van der Waals surface area contributed by atoms with Gasteiger partial charge in [0, 0.05) is 39.5 Å². The molecule has 2 N–H and O–H groups in total. The zero-order chi connectivity index (χ0) is 34.6. The van der Waals surface area contributed by atoms with E-state index in [1.54, 1.807) is 0 Å². The van der Waals surface area contributed by atoms with Crippen LogP contribution in [0.2, 0.25) is 0 Å². The molecule has 0 saturated carbocycles. The minimum absolute atomic E-state index is 0.0508. The number of aliphatic hydroxyl groups is 2. The number of carbonyl (C=O) groups excluding carboxylic acids is 2. The van der Waals surface area contributed by atoms with Gasteiger partial charge in [-0.05, 0) is 36.6 Å². The van der Waals surface area contributed by atoms with E-state index in [4.69, 9.17) is 19.1 Å². The van der Waals surface area contributed by atoms with Gasteiger partial charge in [-0.25, -0.2) is 9.59 Å². The average molecular weight is 676 g/mol. The fourth-order valence-electron chi connectivity index (χ4n) is 4.93. The minimum Gasteiger partial charge on any atom is -0.394 e. The number of aryl methyl sites for hydroxylation is 1. The van der Waals surface area contributed by atoms with Crippen LogP contribution in [0.1, 0.15) is 37.8 Å². The molecule has 0 bridgehead atoms. The summed E-state index contributed by atoms with van der Waals surface area (Å²) in [5.41, 5.74) is 3.76. The van der Waals surface area contributed by atoms with E-state index in [1.165, 1.54) is 24.8 Å². The second-order valence-electron chi connectivity index (χ2n) is 11.0. The average Bonchev–Trinajstić information content (AvgIpc) is 3.91. The molecular formula is C32H37N9O8. The number of oxime groups is 2. The van der Waals surface area contributed by atoms with Crippen molar-refractivity contribution in [3.05, 3.63) is 72.3 Å². The Balaban J connectivity index is 1.58. The Labute approximate surface area is 280 Å². The third kappa shape index (κ3) is 8.76. The van der Waals surface area contributed by atoms with Gasteiger partial charge in [-0.1, -0.05) is 53.1 Å². The molecule has 0 aliphatic heterocycles. The Hall–Kier alpha value is -5.36. The zero-order valence-electron chi connectivity index (χ0n) is 27.1.